The quantitative estimate of drug-likeness (QED) is 0.605. The van der Waals surface area contributed by atoms with E-state index in [9.17, 15) is 5.11 Å². The van der Waals surface area contributed by atoms with Crippen molar-refractivity contribution in [3.8, 4) is 0 Å². The maximum absolute atomic E-state index is 10.1. The molecule has 1 N–H and O–H groups in total. The van der Waals surface area contributed by atoms with Crippen molar-refractivity contribution in [2.45, 2.75) is 78.2 Å². The first kappa shape index (κ1) is 15.0. The van der Waals surface area contributed by atoms with Gasteiger partial charge in [0.05, 0.1) is 6.10 Å². The van der Waals surface area contributed by atoms with E-state index in [2.05, 4.69) is 32.9 Å². The zero-order chi connectivity index (χ0) is 15.5. The van der Waals surface area contributed by atoms with Crippen molar-refractivity contribution in [3.63, 3.8) is 0 Å². The van der Waals surface area contributed by atoms with Crippen LogP contribution in [-0.2, 0) is 0 Å². The Labute approximate surface area is 135 Å². The molecule has 0 saturated heterocycles. The van der Waals surface area contributed by atoms with E-state index in [1.54, 1.807) is 11.1 Å². The molecular formula is C21H32O. The molecule has 3 saturated carbocycles. The van der Waals surface area contributed by atoms with Crippen molar-refractivity contribution < 1.29 is 5.11 Å². The molecular weight excluding hydrogens is 268 g/mol. The molecule has 0 radical (unpaired) electrons. The third-order valence-electron chi connectivity index (χ3n) is 8.27. The molecule has 0 heterocycles. The summed E-state index contributed by atoms with van der Waals surface area (Å²) in [6.45, 7) is 7.33. The smallest absolute Gasteiger partial charge is 0.0577 e. The first-order chi connectivity index (χ1) is 10.5. The van der Waals surface area contributed by atoms with Gasteiger partial charge in [0, 0.05) is 0 Å². The topological polar surface area (TPSA) is 20.2 Å². The van der Waals surface area contributed by atoms with Gasteiger partial charge in [0.15, 0.2) is 0 Å². The lowest BCUT2D eigenvalue weighted by Crippen LogP contribution is -2.49. The van der Waals surface area contributed by atoms with Gasteiger partial charge in [0.25, 0.3) is 0 Å². The first-order valence-electron chi connectivity index (χ1n) is 9.52. The van der Waals surface area contributed by atoms with Crippen molar-refractivity contribution in [2.24, 2.45) is 28.6 Å². The molecule has 0 aromatic rings. The SMILES string of the molecule is C/C=C1\CC[C@H]2[C@@H]3CC=C4CC(O)CC[C@]4(C)[C@H]3CC[C@]12C. The van der Waals surface area contributed by atoms with E-state index >= 15 is 0 Å². The second-order valence-corrected chi connectivity index (χ2v) is 8.96. The van der Waals surface area contributed by atoms with Gasteiger partial charge in [-0.15, -0.1) is 0 Å². The van der Waals surface area contributed by atoms with Crippen LogP contribution in [0.2, 0.25) is 0 Å². The van der Waals surface area contributed by atoms with E-state index in [1.807, 2.05) is 0 Å². The molecule has 122 valence electrons. The number of fused-ring (bicyclic) bond motifs is 5. The summed E-state index contributed by atoms with van der Waals surface area (Å²) in [7, 11) is 0. The fourth-order valence-corrected chi connectivity index (χ4v) is 6.96. The zero-order valence-electron chi connectivity index (χ0n) is 14.6. The first-order valence-corrected chi connectivity index (χ1v) is 9.52. The molecule has 22 heavy (non-hydrogen) atoms. The normalized spacial score (nSPS) is 52.7. The Kier molecular flexibility index (Phi) is 3.39. The van der Waals surface area contributed by atoms with Gasteiger partial charge in [-0.1, -0.05) is 37.1 Å². The number of aliphatic hydroxyl groups is 1. The molecule has 0 aromatic carbocycles. The zero-order valence-corrected chi connectivity index (χ0v) is 14.6. The minimum Gasteiger partial charge on any atom is -0.393 e. The van der Waals surface area contributed by atoms with E-state index in [0.29, 0.717) is 10.8 Å². The Morgan fingerprint density at radius 3 is 2.59 bits per heavy atom. The summed E-state index contributed by atoms with van der Waals surface area (Å²) in [4.78, 5) is 0. The van der Waals surface area contributed by atoms with E-state index in [4.69, 9.17) is 0 Å². The predicted octanol–water partition coefficient (Wildman–Crippen LogP) is 5.26. The van der Waals surface area contributed by atoms with Crippen LogP contribution in [-0.4, -0.2) is 11.2 Å². The van der Waals surface area contributed by atoms with Gasteiger partial charge in [-0.2, -0.15) is 0 Å². The van der Waals surface area contributed by atoms with E-state index in [0.717, 1.165) is 30.6 Å². The van der Waals surface area contributed by atoms with E-state index in [-0.39, 0.29) is 6.10 Å². The van der Waals surface area contributed by atoms with Gasteiger partial charge in [-0.3, -0.25) is 0 Å². The Bertz CT molecular complexity index is 530. The summed E-state index contributed by atoms with van der Waals surface area (Å²) < 4.78 is 0. The number of hydrogen-bond donors (Lipinski definition) is 1. The third-order valence-corrected chi connectivity index (χ3v) is 8.27. The van der Waals surface area contributed by atoms with Gasteiger partial charge < -0.3 is 5.11 Å². The van der Waals surface area contributed by atoms with Crippen molar-refractivity contribution in [3.05, 3.63) is 23.3 Å². The lowest BCUT2D eigenvalue weighted by atomic mass is 9.48. The Morgan fingerprint density at radius 1 is 1.09 bits per heavy atom. The highest BCUT2D eigenvalue weighted by Crippen LogP contribution is 2.66. The summed E-state index contributed by atoms with van der Waals surface area (Å²) in [5.74, 6) is 2.66. The number of aliphatic hydroxyl groups excluding tert-OH is 1. The summed E-state index contributed by atoms with van der Waals surface area (Å²) in [6, 6.07) is 0. The van der Waals surface area contributed by atoms with Gasteiger partial charge in [0.2, 0.25) is 0 Å². The fraction of sp³-hybridized carbons (Fsp3) is 0.810. The molecule has 0 spiro atoms. The van der Waals surface area contributed by atoms with Crippen LogP contribution in [0.25, 0.3) is 0 Å². The lowest BCUT2D eigenvalue weighted by Gasteiger charge is -2.57. The average molecular weight is 300 g/mol. The molecule has 6 atom stereocenters. The molecule has 4 rings (SSSR count). The summed E-state index contributed by atoms with van der Waals surface area (Å²) >= 11 is 0. The highest BCUT2D eigenvalue weighted by Gasteiger charge is 2.56. The van der Waals surface area contributed by atoms with E-state index < -0.39 is 0 Å². The molecule has 0 amide bonds. The van der Waals surface area contributed by atoms with Gasteiger partial charge in [0.1, 0.15) is 0 Å². The highest BCUT2D eigenvalue weighted by molar-refractivity contribution is 5.29. The van der Waals surface area contributed by atoms with Gasteiger partial charge >= 0.3 is 0 Å². The molecule has 4 aliphatic carbocycles. The van der Waals surface area contributed by atoms with Crippen LogP contribution in [0.1, 0.15) is 72.1 Å². The summed E-state index contributed by atoms with van der Waals surface area (Å²) in [6.07, 6.45) is 14.9. The second kappa shape index (κ2) is 4.97. The summed E-state index contributed by atoms with van der Waals surface area (Å²) in [5.41, 5.74) is 4.23. The monoisotopic (exact) mass is 300 g/mol. The van der Waals surface area contributed by atoms with Crippen molar-refractivity contribution in [1.82, 2.24) is 0 Å². The van der Waals surface area contributed by atoms with Gasteiger partial charge in [-0.25, -0.2) is 0 Å². The Balaban J connectivity index is 1.69. The predicted molar refractivity (Wildman–Crippen MR) is 91.5 cm³/mol. The Hall–Kier alpha value is -0.560. The van der Waals surface area contributed by atoms with Crippen LogP contribution < -0.4 is 0 Å². The molecule has 0 aliphatic heterocycles. The molecule has 3 fully saturated rings. The molecule has 0 aromatic heterocycles. The molecule has 1 heteroatoms. The molecule has 1 nitrogen and oxygen atoms in total. The summed E-state index contributed by atoms with van der Waals surface area (Å²) in [5, 5.41) is 10.1. The van der Waals surface area contributed by atoms with Crippen molar-refractivity contribution >= 4 is 0 Å². The van der Waals surface area contributed by atoms with Crippen molar-refractivity contribution in [1.29, 1.82) is 0 Å². The minimum absolute atomic E-state index is 0.0779. The minimum atomic E-state index is -0.0779. The van der Waals surface area contributed by atoms with Crippen LogP contribution >= 0.6 is 0 Å². The Morgan fingerprint density at radius 2 is 1.82 bits per heavy atom. The average Bonchev–Trinajstić information content (AvgIpc) is 2.84. The van der Waals surface area contributed by atoms with E-state index in [1.165, 1.54) is 38.5 Å². The lowest BCUT2D eigenvalue weighted by molar-refractivity contribution is -0.0268. The van der Waals surface area contributed by atoms with Crippen LogP contribution in [0.4, 0.5) is 0 Å². The largest absolute Gasteiger partial charge is 0.393 e. The van der Waals surface area contributed by atoms with Crippen LogP contribution in [0, 0.1) is 28.6 Å². The third kappa shape index (κ3) is 1.87. The standard InChI is InChI=1S/C21H32O/c1-4-14-6-8-18-17-7-5-15-13-16(22)9-11-21(15,3)19(17)10-12-20(14,18)2/h4-5,16-19,22H,6-13H2,1-3H3/b14-4+/t16?,17-,18-,19-,20+,21-/m0/s1. The molecule has 0 bridgehead atoms. The van der Waals surface area contributed by atoms with Crippen molar-refractivity contribution in [2.75, 3.05) is 0 Å². The van der Waals surface area contributed by atoms with Gasteiger partial charge in [-0.05, 0) is 86.9 Å². The number of allylic oxidation sites excluding steroid dienone is 3. The van der Waals surface area contributed by atoms with Crippen LogP contribution in [0.3, 0.4) is 0 Å². The molecule has 4 aliphatic rings. The second-order valence-electron chi connectivity index (χ2n) is 8.96. The van der Waals surface area contributed by atoms with Crippen LogP contribution in [0.5, 0.6) is 0 Å². The number of rotatable bonds is 0. The molecule has 1 unspecified atom stereocenters. The fourth-order valence-electron chi connectivity index (χ4n) is 6.96. The highest BCUT2D eigenvalue weighted by atomic mass is 16.3. The maximum atomic E-state index is 10.1. The maximum Gasteiger partial charge on any atom is 0.0577 e. The number of hydrogen-bond acceptors (Lipinski definition) is 1. The van der Waals surface area contributed by atoms with Crippen LogP contribution in [0.15, 0.2) is 23.3 Å².